The highest BCUT2D eigenvalue weighted by atomic mass is 16.6. The SMILES string of the molecule is CC(C)(C)C(Cc1nnn[nH]1)C(=O)N1C(=O)OCC1Cc1ccccc1. The number of carbonyl (C=O) groups excluding carboxylic acids is 2. The molecule has 0 radical (unpaired) electrons. The Labute approximate surface area is 151 Å². The molecule has 138 valence electrons. The van der Waals surface area contributed by atoms with Crippen LogP contribution in [0, 0.1) is 11.3 Å². The van der Waals surface area contributed by atoms with Crippen LogP contribution in [0.5, 0.6) is 0 Å². The van der Waals surface area contributed by atoms with Crippen LogP contribution in [-0.2, 0) is 22.4 Å². The standard InChI is InChI=1S/C18H23N5O3/c1-18(2,3)14(10-15-19-21-22-20-15)16(24)23-13(11-26-17(23)25)9-12-7-5-4-6-8-12/h4-8,13-14H,9-11H2,1-3H3,(H,19,20,21,22). The summed E-state index contributed by atoms with van der Waals surface area (Å²) >= 11 is 0. The van der Waals surface area contributed by atoms with Gasteiger partial charge in [0.05, 0.1) is 12.0 Å². The average molecular weight is 357 g/mol. The Morgan fingerprint density at radius 3 is 2.69 bits per heavy atom. The first kappa shape index (κ1) is 18.0. The topological polar surface area (TPSA) is 101 Å². The highest BCUT2D eigenvalue weighted by Gasteiger charge is 2.44. The summed E-state index contributed by atoms with van der Waals surface area (Å²) in [6, 6.07) is 9.46. The van der Waals surface area contributed by atoms with Crippen LogP contribution in [0.1, 0.15) is 32.2 Å². The van der Waals surface area contributed by atoms with Gasteiger partial charge in [0.25, 0.3) is 0 Å². The van der Waals surface area contributed by atoms with E-state index in [-0.39, 0.29) is 24.0 Å². The molecule has 2 unspecified atom stereocenters. The van der Waals surface area contributed by atoms with Gasteiger partial charge in [0.15, 0.2) is 0 Å². The monoisotopic (exact) mass is 357 g/mol. The van der Waals surface area contributed by atoms with Gasteiger partial charge in [-0.2, -0.15) is 0 Å². The summed E-state index contributed by atoms with van der Waals surface area (Å²) in [5.41, 5.74) is 0.685. The van der Waals surface area contributed by atoms with Crippen molar-refractivity contribution in [2.45, 2.75) is 39.7 Å². The number of ether oxygens (including phenoxy) is 1. The van der Waals surface area contributed by atoms with Gasteiger partial charge in [-0.1, -0.05) is 51.1 Å². The van der Waals surface area contributed by atoms with E-state index in [0.717, 1.165) is 5.56 Å². The largest absolute Gasteiger partial charge is 0.447 e. The van der Waals surface area contributed by atoms with Crippen molar-refractivity contribution < 1.29 is 14.3 Å². The summed E-state index contributed by atoms with van der Waals surface area (Å²) in [4.78, 5) is 26.8. The second-order valence-electron chi connectivity index (χ2n) is 7.60. The summed E-state index contributed by atoms with van der Waals surface area (Å²) in [6.45, 7) is 6.10. The lowest BCUT2D eigenvalue weighted by molar-refractivity contribution is -0.136. The molecule has 8 nitrogen and oxygen atoms in total. The number of nitrogens with one attached hydrogen (secondary N) is 1. The van der Waals surface area contributed by atoms with Gasteiger partial charge in [0, 0.05) is 6.42 Å². The quantitative estimate of drug-likeness (QED) is 0.878. The predicted molar refractivity (Wildman–Crippen MR) is 93.0 cm³/mol. The number of rotatable bonds is 5. The molecular weight excluding hydrogens is 334 g/mol. The van der Waals surface area contributed by atoms with Gasteiger partial charge in [-0.3, -0.25) is 4.79 Å². The van der Waals surface area contributed by atoms with E-state index in [1.165, 1.54) is 4.90 Å². The smallest absolute Gasteiger partial charge is 0.416 e. The zero-order valence-corrected chi connectivity index (χ0v) is 15.2. The summed E-state index contributed by atoms with van der Waals surface area (Å²) in [6.07, 6.45) is 0.317. The van der Waals surface area contributed by atoms with Crippen molar-refractivity contribution in [2.75, 3.05) is 6.61 Å². The molecule has 0 saturated carbocycles. The number of nitrogens with zero attached hydrogens (tertiary/aromatic N) is 4. The van der Waals surface area contributed by atoms with Crippen molar-refractivity contribution in [2.24, 2.45) is 11.3 Å². The van der Waals surface area contributed by atoms with Crippen LogP contribution < -0.4 is 0 Å². The number of tetrazole rings is 1. The molecule has 1 fully saturated rings. The van der Waals surface area contributed by atoms with E-state index in [9.17, 15) is 9.59 Å². The van der Waals surface area contributed by atoms with Crippen molar-refractivity contribution in [3.8, 4) is 0 Å². The molecule has 1 saturated heterocycles. The van der Waals surface area contributed by atoms with Gasteiger partial charge in [-0.25, -0.2) is 14.8 Å². The zero-order valence-electron chi connectivity index (χ0n) is 15.2. The number of H-pyrrole nitrogens is 1. The number of cyclic esters (lactones) is 1. The lowest BCUT2D eigenvalue weighted by Gasteiger charge is -2.32. The Morgan fingerprint density at radius 2 is 2.08 bits per heavy atom. The maximum Gasteiger partial charge on any atom is 0.416 e. The number of benzene rings is 1. The third-order valence-corrected chi connectivity index (χ3v) is 4.64. The van der Waals surface area contributed by atoms with E-state index in [2.05, 4.69) is 20.6 Å². The zero-order chi connectivity index (χ0) is 18.7. The molecule has 1 aliphatic rings. The molecule has 1 aliphatic heterocycles. The number of imide groups is 1. The van der Waals surface area contributed by atoms with E-state index in [1.54, 1.807) is 0 Å². The summed E-state index contributed by atoms with van der Waals surface area (Å²) in [5, 5.41) is 13.7. The normalized spacial score (nSPS) is 18.7. The fraction of sp³-hybridized carbons (Fsp3) is 0.500. The summed E-state index contributed by atoms with van der Waals surface area (Å²) in [7, 11) is 0. The number of carbonyl (C=O) groups is 2. The van der Waals surface area contributed by atoms with Gasteiger partial charge in [0.1, 0.15) is 12.4 Å². The van der Waals surface area contributed by atoms with Gasteiger partial charge in [-0.05, 0) is 27.8 Å². The van der Waals surface area contributed by atoms with Gasteiger partial charge in [-0.15, -0.1) is 5.10 Å². The van der Waals surface area contributed by atoms with Crippen molar-refractivity contribution in [1.82, 2.24) is 25.5 Å². The molecule has 8 heteroatoms. The van der Waals surface area contributed by atoms with Crippen LogP contribution in [0.3, 0.4) is 0 Å². The molecule has 1 aromatic carbocycles. The Morgan fingerprint density at radius 1 is 1.35 bits per heavy atom. The van der Waals surface area contributed by atoms with E-state index in [0.29, 0.717) is 18.7 Å². The van der Waals surface area contributed by atoms with Crippen LogP contribution >= 0.6 is 0 Å². The molecule has 0 spiro atoms. The molecule has 2 heterocycles. The molecule has 3 rings (SSSR count). The first-order chi connectivity index (χ1) is 12.4. The van der Waals surface area contributed by atoms with Crippen molar-refractivity contribution >= 4 is 12.0 Å². The second-order valence-corrected chi connectivity index (χ2v) is 7.60. The summed E-state index contributed by atoms with van der Waals surface area (Å²) < 4.78 is 5.19. The van der Waals surface area contributed by atoms with E-state index >= 15 is 0 Å². The Kier molecular flexibility index (Phi) is 5.01. The molecule has 1 aromatic heterocycles. The first-order valence-corrected chi connectivity index (χ1v) is 8.62. The lowest BCUT2D eigenvalue weighted by atomic mass is 9.77. The number of hydrogen-bond acceptors (Lipinski definition) is 6. The minimum absolute atomic E-state index is 0.209. The molecule has 0 bridgehead atoms. The highest BCUT2D eigenvalue weighted by molar-refractivity contribution is 5.95. The van der Waals surface area contributed by atoms with Crippen LogP contribution in [-0.4, -0.2) is 50.2 Å². The minimum Gasteiger partial charge on any atom is -0.447 e. The number of aromatic amines is 1. The predicted octanol–water partition coefficient (Wildman–Crippen LogP) is 1.99. The van der Waals surface area contributed by atoms with Crippen molar-refractivity contribution in [1.29, 1.82) is 0 Å². The number of aromatic nitrogens is 4. The van der Waals surface area contributed by atoms with Crippen LogP contribution in [0.15, 0.2) is 30.3 Å². The van der Waals surface area contributed by atoms with Crippen LogP contribution in [0.25, 0.3) is 0 Å². The van der Waals surface area contributed by atoms with Gasteiger partial charge >= 0.3 is 6.09 Å². The van der Waals surface area contributed by atoms with Crippen LogP contribution in [0.2, 0.25) is 0 Å². The maximum absolute atomic E-state index is 13.3. The fourth-order valence-corrected chi connectivity index (χ4v) is 3.16. The molecule has 2 amide bonds. The number of hydrogen-bond donors (Lipinski definition) is 1. The Bertz CT molecular complexity index is 755. The molecule has 26 heavy (non-hydrogen) atoms. The fourth-order valence-electron chi connectivity index (χ4n) is 3.16. The highest BCUT2D eigenvalue weighted by Crippen LogP contribution is 2.32. The summed E-state index contributed by atoms with van der Waals surface area (Å²) in [5.74, 6) is -0.191. The Balaban J connectivity index is 1.82. The lowest BCUT2D eigenvalue weighted by Crippen LogP contribution is -2.47. The second kappa shape index (κ2) is 7.23. The third-order valence-electron chi connectivity index (χ3n) is 4.64. The molecular formula is C18H23N5O3. The minimum atomic E-state index is -0.583. The van der Waals surface area contributed by atoms with E-state index < -0.39 is 12.0 Å². The Hall–Kier alpha value is -2.77. The first-order valence-electron chi connectivity index (χ1n) is 8.62. The molecule has 1 N–H and O–H groups in total. The van der Waals surface area contributed by atoms with Gasteiger partial charge < -0.3 is 4.74 Å². The van der Waals surface area contributed by atoms with Crippen molar-refractivity contribution in [3.63, 3.8) is 0 Å². The van der Waals surface area contributed by atoms with E-state index in [4.69, 9.17) is 4.74 Å². The van der Waals surface area contributed by atoms with E-state index in [1.807, 2.05) is 51.1 Å². The van der Waals surface area contributed by atoms with Crippen LogP contribution in [0.4, 0.5) is 4.79 Å². The number of amides is 2. The molecule has 2 aromatic rings. The molecule has 2 atom stereocenters. The third kappa shape index (κ3) is 3.89. The van der Waals surface area contributed by atoms with Gasteiger partial charge in [0.2, 0.25) is 5.91 Å². The average Bonchev–Trinajstić information content (AvgIpc) is 3.22. The maximum atomic E-state index is 13.3. The molecule has 0 aliphatic carbocycles. The van der Waals surface area contributed by atoms with Crippen molar-refractivity contribution in [3.05, 3.63) is 41.7 Å².